The van der Waals surface area contributed by atoms with Crippen molar-refractivity contribution in [2.75, 3.05) is 14.1 Å². The maximum Gasteiger partial charge on any atom is 0.261 e. The molecule has 1 aromatic heterocycles. The first-order valence-corrected chi connectivity index (χ1v) is 9.60. The lowest BCUT2D eigenvalue weighted by atomic mass is 9.90. The number of nitrogens with one attached hydrogen (secondary N) is 2. The number of fused-ring (bicyclic) bond motifs is 1. The number of carbonyl (C=O) groups is 1. The number of carbonyl (C=O) groups excluding carboxylic acids is 1. The molecule has 0 saturated carbocycles. The van der Waals surface area contributed by atoms with Gasteiger partial charge in [0.1, 0.15) is 6.54 Å². The van der Waals surface area contributed by atoms with Gasteiger partial charge in [-0.1, -0.05) is 31.2 Å². The van der Waals surface area contributed by atoms with E-state index in [9.17, 15) is 4.79 Å². The Morgan fingerprint density at radius 1 is 1.29 bits per heavy atom. The van der Waals surface area contributed by atoms with E-state index >= 15 is 0 Å². The van der Waals surface area contributed by atoms with E-state index < -0.39 is 0 Å². The Balaban J connectivity index is 1.66. The molecule has 1 aromatic carbocycles. The first kappa shape index (κ1) is 17.2. The third kappa shape index (κ3) is 4.05. The summed E-state index contributed by atoms with van der Waals surface area (Å²) >= 11 is 1.68. The fourth-order valence-electron chi connectivity index (χ4n) is 3.36. The van der Waals surface area contributed by atoms with Gasteiger partial charge in [0, 0.05) is 17.0 Å². The van der Waals surface area contributed by atoms with Crippen molar-refractivity contribution in [1.82, 2.24) is 5.32 Å². The van der Waals surface area contributed by atoms with Crippen molar-refractivity contribution in [1.29, 1.82) is 0 Å². The second-order valence-electron chi connectivity index (χ2n) is 7.24. The van der Waals surface area contributed by atoms with Crippen LogP contribution in [0, 0.1) is 5.92 Å². The molecular weight excluding hydrogens is 316 g/mol. The number of benzene rings is 1. The molecular formula is C20H27N2OS+. The van der Waals surface area contributed by atoms with Crippen molar-refractivity contribution in [2.45, 2.75) is 39.3 Å². The van der Waals surface area contributed by atoms with Gasteiger partial charge in [-0.25, -0.2) is 0 Å². The Hall–Kier alpha value is -1.65. The van der Waals surface area contributed by atoms with Gasteiger partial charge in [0.15, 0.2) is 0 Å². The lowest BCUT2D eigenvalue weighted by Crippen LogP contribution is -3.04. The summed E-state index contributed by atoms with van der Waals surface area (Å²) in [6, 6.07) is 10.5. The van der Waals surface area contributed by atoms with Crippen molar-refractivity contribution in [3.63, 3.8) is 0 Å². The topological polar surface area (TPSA) is 33.5 Å². The molecule has 1 aliphatic rings. The minimum absolute atomic E-state index is 0.0639. The number of rotatable bonds is 5. The Labute approximate surface area is 148 Å². The fourth-order valence-corrected chi connectivity index (χ4v) is 4.49. The minimum atomic E-state index is 0.0639. The molecule has 2 aromatic rings. The van der Waals surface area contributed by atoms with E-state index in [1.54, 1.807) is 11.3 Å². The SMILES string of the molecule is C[C@@H]1CCc2sc(C(=O)NCc3ccccc3C[NH+](C)C)cc2C1. The molecule has 0 unspecified atom stereocenters. The summed E-state index contributed by atoms with van der Waals surface area (Å²) in [6.45, 7) is 3.86. The van der Waals surface area contributed by atoms with E-state index in [1.807, 2.05) is 6.07 Å². The van der Waals surface area contributed by atoms with Gasteiger partial charge in [-0.3, -0.25) is 4.79 Å². The Morgan fingerprint density at radius 3 is 2.79 bits per heavy atom. The van der Waals surface area contributed by atoms with Gasteiger partial charge < -0.3 is 10.2 Å². The molecule has 0 aliphatic heterocycles. The van der Waals surface area contributed by atoms with Gasteiger partial charge in [0.2, 0.25) is 0 Å². The monoisotopic (exact) mass is 343 g/mol. The van der Waals surface area contributed by atoms with E-state index in [0.717, 1.165) is 30.2 Å². The van der Waals surface area contributed by atoms with Crippen molar-refractivity contribution >= 4 is 17.2 Å². The molecule has 24 heavy (non-hydrogen) atoms. The van der Waals surface area contributed by atoms with E-state index in [0.29, 0.717) is 6.54 Å². The van der Waals surface area contributed by atoms with Crippen molar-refractivity contribution in [3.05, 3.63) is 56.8 Å². The van der Waals surface area contributed by atoms with Crippen molar-refractivity contribution in [3.8, 4) is 0 Å². The largest absolute Gasteiger partial charge is 0.347 e. The molecule has 1 atom stereocenters. The fraction of sp³-hybridized carbons (Fsp3) is 0.450. The summed E-state index contributed by atoms with van der Waals surface area (Å²) in [5.74, 6) is 0.803. The van der Waals surface area contributed by atoms with Gasteiger partial charge in [0.05, 0.1) is 19.0 Å². The molecule has 4 heteroatoms. The molecule has 0 saturated heterocycles. The highest BCUT2D eigenvalue weighted by Gasteiger charge is 2.20. The molecule has 3 nitrogen and oxygen atoms in total. The number of thiophene rings is 1. The third-order valence-corrected chi connectivity index (χ3v) is 5.89. The van der Waals surface area contributed by atoms with Gasteiger partial charge in [0.25, 0.3) is 5.91 Å². The van der Waals surface area contributed by atoms with Crippen LogP contribution in [0.15, 0.2) is 30.3 Å². The molecule has 2 N–H and O–H groups in total. The third-order valence-electron chi connectivity index (χ3n) is 4.65. The predicted octanol–water partition coefficient (Wildman–Crippen LogP) is 2.45. The van der Waals surface area contributed by atoms with Crippen LogP contribution in [0.25, 0.3) is 0 Å². The number of hydrogen-bond acceptors (Lipinski definition) is 2. The van der Waals surface area contributed by atoms with Crippen LogP contribution < -0.4 is 10.2 Å². The first-order chi connectivity index (χ1) is 11.5. The van der Waals surface area contributed by atoms with Crippen LogP contribution in [-0.2, 0) is 25.9 Å². The lowest BCUT2D eigenvalue weighted by Gasteiger charge is -2.16. The highest BCUT2D eigenvalue weighted by molar-refractivity contribution is 7.14. The molecule has 3 rings (SSSR count). The first-order valence-electron chi connectivity index (χ1n) is 8.78. The zero-order valence-electron chi connectivity index (χ0n) is 14.8. The summed E-state index contributed by atoms with van der Waals surface area (Å²) in [4.78, 5) is 16.2. The normalized spacial score (nSPS) is 16.9. The molecule has 0 fully saturated rings. The zero-order chi connectivity index (χ0) is 17.1. The maximum absolute atomic E-state index is 12.5. The van der Waals surface area contributed by atoms with Gasteiger partial charge >= 0.3 is 0 Å². The Kier molecular flexibility index (Phi) is 5.36. The van der Waals surface area contributed by atoms with Crippen molar-refractivity contribution < 1.29 is 9.69 Å². The van der Waals surface area contributed by atoms with E-state index in [4.69, 9.17) is 0 Å². The van der Waals surface area contributed by atoms with Crippen LogP contribution in [0.1, 0.15) is 44.6 Å². The highest BCUT2D eigenvalue weighted by atomic mass is 32.1. The maximum atomic E-state index is 12.5. The molecule has 0 bridgehead atoms. The Morgan fingerprint density at radius 2 is 2.04 bits per heavy atom. The van der Waals surface area contributed by atoms with E-state index in [-0.39, 0.29) is 5.91 Å². The molecule has 128 valence electrons. The van der Waals surface area contributed by atoms with Crippen LogP contribution in [-0.4, -0.2) is 20.0 Å². The molecule has 1 heterocycles. The average molecular weight is 344 g/mol. The lowest BCUT2D eigenvalue weighted by molar-refractivity contribution is -0.872. The zero-order valence-corrected chi connectivity index (χ0v) is 15.6. The van der Waals surface area contributed by atoms with Gasteiger partial charge in [-0.15, -0.1) is 11.3 Å². The van der Waals surface area contributed by atoms with Crippen LogP contribution in [0.2, 0.25) is 0 Å². The van der Waals surface area contributed by atoms with Crippen LogP contribution >= 0.6 is 11.3 Å². The molecule has 1 amide bonds. The molecule has 0 radical (unpaired) electrons. The van der Waals surface area contributed by atoms with Gasteiger partial charge in [-0.2, -0.15) is 0 Å². The number of amides is 1. The number of hydrogen-bond donors (Lipinski definition) is 2. The predicted molar refractivity (Wildman–Crippen MR) is 99.6 cm³/mol. The Bertz CT molecular complexity index is 720. The summed E-state index contributed by atoms with van der Waals surface area (Å²) < 4.78 is 0. The second kappa shape index (κ2) is 7.49. The van der Waals surface area contributed by atoms with Crippen LogP contribution in [0.3, 0.4) is 0 Å². The summed E-state index contributed by atoms with van der Waals surface area (Å²) in [7, 11) is 4.29. The minimum Gasteiger partial charge on any atom is -0.347 e. The smallest absolute Gasteiger partial charge is 0.261 e. The summed E-state index contributed by atoms with van der Waals surface area (Å²) in [5.41, 5.74) is 3.90. The van der Waals surface area contributed by atoms with Crippen molar-refractivity contribution in [2.24, 2.45) is 5.92 Å². The van der Waals surface area contributed by atoms with Crippen LogP contribution in [0.5, 0.6) is 0 Å². The van der Waals surface area contributed by atoms with E-state index in [2.05, 4.69) is 50.6 Å². The average Bonchev–Trinajstić information content (AvgIpc) is 2.96. The molecule has 0 spiro atoms. The number of quaternary nitrogens is 1. The summed E-state index contributed by atoms with van der Waals surface area (Å²) in [6.07, 6.45) is 3.49. The van der Waals surface area contributed by atoms with Crippen LogP contribution in [0.4, 0.5) is 0 Å². The quantitative estimate of drug-likeness (QED) is 0.859. The summed E-state index contributed by atoms with van der Waals surface area (Å²) in [5, 5.41) is 3.11. The standard InChI is InChI=1S/C20H26N2OS/c1-14-8-9-18-17(10-14)11-19(24-18)20(23)21-12-15-6-4-5-7-16(15)13-22(2)3/h4-7,11,14H,8-10,12-13H2,1-3H3,(H,21,23)/p+1/t14-/m1/s1. The molecule has 1 aliphatic carbocycles. The number of aryl methyl sites for hydroxylation is 1. The second-order valence-corrected chi connectivity index (χ2v) is 8.38. The highest BCUT2D eigenvalue weighted by Crippen LogP contribution is 2.32. The van der Waals surface area contributed by atoms with Gasteiger partial charge in [-0.05, 0) is 42.4 Å². The van der Waals surface area contributed by atoms with E-state index in [1.165, 1.54) is 32.9 Å².